The zero-order valence-electron chi connectivity index (χ0n) is 8.66. The van der Waals surface area contributed by atoms with Crippen LogP contribution in [0.5, 0.6) is 0 Å². The van der Waals surface area contributed by atoms with Crippen molar-refractivity contribution in [2.24, 2.45) is 0 Å². The maximum atomic E-state index is 2.33. The number of nitrogens with zero attached hydrogens (tertiary/aromatic N) is 1. The first-order valence-corrected chi connectivity index (χ1v) is 6.25. The van der Waals surface area contributed by atoms with Crippen LogP contribution in [-0.4, -0.2) is 16.6 Å². The monoisotopic (exact) mass is 205 g/mol. The van der Waals surface area contributed by atoms with Crippen molar-refractivity contribution in [1.82, 2.24) is 4.57 Å². The Morgan fingerprint density at radius 3 is 2.93 bits per heavy atom. The predicted octanol–water partition coefficient (Wildman–Crippen LogP) is 3.31. The predicted molar refractivity (Wildman–Crippen MR) is 65.1 cm³/mol. The molecule has 0 radical (unpaired) electrons. The third-order valence-electron chi connectivity index (χ3n) is 2.47. The lowest BCUT2D eigenvalue weighted by atomic mass is 10.2. The first-order valence-electron chi connectivity index (χ1n) is 4.85. The van der Waals surface area contributed by atoms with Gasteiger partial charge in [0, 0.05) is 24.0 Å². The lowest BCUT2D eigenvalue weighted by Gasteiger charge is -2.04. The molecule has 0 unspecified atom stereocenters. The molecule has 0 amide bonds. The summed E-state index contributed by atoms with van der Waals surface area (Å²) in [6, 6.07) is 8.81. The summed E-state index contributed by atoms with van der Waals surface area (Å²) >= 11 is 1.89. The van der Waals surface area contributed by atoms with Gasteiger partial charge in [-0.1, -0.05) is 12.1 Å². The minimum Gasteiger partial charge on any atom is -0.347 e. The van der Waals surface area contributed by atoms with Gasteiger partial charge in [-0.25, -0.2) is 0 Å². The van der Waals surface area contributed by atoms with E-state index < -0.39 is 0 Å². The molecule has 0 saturated heterocycles. The van der Waals surface area contributed by atoms with Crippen LogP contribution in [0, 0.1) is 6.92 Å². The van der Waals surface area contributed by atoms with Crippen molar-refractivity contribution < 1.29 is 0 Å². The Morgan fingerprint density at radius 2 is 2.14 bits per heavy atom. The standard InChI is InChI=1S/C12H15NS/c1-10-3-4-11-5-6-13(7-8-14-2)12(11)9-10/h3-6,9H,7-8H2,1-2H3. The van der Waals surface area contributed by atoms with Gasteiger partial charge in [0.25, 0.3) is 0 Å². The van der Waals surface area contributed by atoms with Crippen molar-refractivity contribution in [2.45, 2.75) is 13.5 Å². The first kappa shape index (κ1) is 9.66. The summed E-state index contributed by atoms with van der Waals surface area (Å²) in [6.45, 7) is 3.25. The minimum atomic E-state index is 1.11. The molecular weight excluding hydrogens is 190 g/mol. The van der Waals surface area contributed by atoms with Crippen molar-refractivity contribution in [3.63, 3.8) is 0 Å². The van der Waals surface area contributed by atoms with Crippen LogP contribution >= 0.6 is 11.8 Å². The zero-order valence-corrected chi connectivity index (χ0v) is 9.47. The van der Waals surface area contributed by atoms with E-state index in [4.69, 9.17) is 0 Å². The molecule has 74 valence electrons. The van der Waals surface area contributed by atoms with Gasteiger partial charge in [0.15, 0.2) is 0 Å². The average molecular weight is 205 g/mol. The molecular formula is C12H15NS. The van der Waals surface area contributed by atoms with E-state index in [9.17, 15) is 0 Å². The van der Waals surface area contributed by atoms with Crippen molar-refractivity contribution in [2.75, 3.05) is 12.0 Å². The van der Waals surface area contributed by atoms with E-state index in [2.05, 4.69) is 48.2 Å². The quantitative estimate of drug-likeness (QED) is 0.744. The Bertz CT molecular complexity index is 431. The highest BCUT2D eigenvalue weighted by Gasteiger charge is 1.99. The first-order chi connectivity index (χ1) is 6.81. The Balaban J connectivity index is 2.40. The van der Waals surface area contributed by atoms with Gasteiger partial charge in [0.1, 0.15) is 0 Å². The molecule has 1 nitrogen and oxygen atoms in total. The number of aryl methyl sites for hydroxylation is 2. The van der Waals surface area contributed by atoms with E-state index in [0.717, 1.165) is 6.54 Å². The molecule has 1 aromatic heterocycles. The van der Waals surface area contributed by atoms with Gasteiger partial charge in [-0.3, -0.25) is 0 Å². The fourth-order valence-electron chi connectivity index (χ4n) is 1.68. The SMILES string of the molecule is CSCCn1ccc2ccc(C)cc21. The van der Waals surface area contributed by atoms with E-state index in [0.29, 0.717) is 0 Å². The van der Waals surface area contributed by atoms with E-state index in [1.165, 1.54) is 22.2 Å². The molecule has 2 heteroatoms. The van der Waals surface area contributed by atoms with Crippen LogP contribution in [0.1, 0.15) is 5.56 Å². The van der Waals surface area contributed by atoms with E-state index in [-0.39, 0.29) is 0 Å². The highest BCUT2D eigenvalue weighted by atomic mass is 32.2. The minimum absolute atomic E-state index is 1.11. The van der Waals surface area contributed by atoms with Crippen molar-refractivity contribution >= 4 is 22.7 Å². The highest BCUT2D eigenvalue weighted by molar-refractivity contribution is 7.98. The second-order valence-electron chi connectivity index (χ2n) is 3.56. The molecule has 0 aliphatic rings. The smallest absolute Gasteiger partial charge is 0.0483 e. The fraction of sp³-hybridized carbons (Fsp3) is 0.333. The Kier molecular flexibility index (Phi) is 2.82. The highest BCUT2D eigenvalue weighted by Crippen LogP contribution is 2.17. The van der Waals surface area contributed by atoms with E-state index in [1.54, 1.807) is 0 Å². The van der Waals surface area contributed by atoms with E-state index in [1.807, 2.05) is 11.8 Å². The third-order valence-corrected chi connectivity index (χ3v) is 3.06. The summed E-state index contributed by atoms with van der Waals surface area (Å²) in [5.74, 6) is 1.18. The fourth-order valence-corrected chi connectivity index (χ4v) is 2.06. The summed E-state index contributed by atoms with van der Waals surface area (Å²) in [4.78, 5) is 0. The number of hydrogen-bond acceptors (Lipinski definition) is 1. The van der Waals surface area contributed by atoms with Crippen molar-refractivity contribution in [1.29, 1.82) is 0 Å². The molecule has 0 N–H and O–H groups in total. The van der Waals surface area contributed by atoms with Gasteiger partial charge in [-0.05, 0) is 36.3 Å². The van der Waals surface area contributed by atoms with Gasteiger partial charge in [0.2, 0.25) is 0 Å². The lowest BCUT2D eigenvalue weighted by Crippen LogP contribution is -1.97. The maximum absolute atomic E-state index is 2.33. The molecule has 0 bridgehead atoms. The molecule has 14 heavy (non-hydrogen) atoms. The largest absolute Gasteiger partial charge is 0.347 e. The molecule has 0 aliphatic heterocycles. The van der Waals surface area contributed by atoms with Crippen LogP contribution in [0.2, 0.25) is 0 Å². The molecule has 1 heterocycles. The third kappa shape index (κ3) is 1.80. The molecule has 0 saturated carbocycles. The van der Waals surface area contributed by atoms with Crippen molar-refractivity contribution in [3.05, 3.63) is 36.0 Å². The van der Waals surface area contributed by atoms with Gasteiger partial charge in [-0.15, -0.1) is 0 Å². The number of fused-ring (bicyclic) bond motifs is 1. The summed E-state index contributed by atoms with van der Waals surface area (Å²) in [5.41, 5.74) is 2.70. The van der Waals surface area contributed by atoms with E-state index >= 15 is 0 Å². The van der Waals surface area contributed by atoms with Crippen LogP contribution in [0.15, 0.2) is 30.5 Å². The average Bonchev–Trinajstić information content (AvgIpc) is 2.57. The number of rotatable bonds is 3. The number of benzene rings is 1. The number of aromatic nitrogens is 1. The number of thioether (sulfide) groups is 1. The molecule has 2 rings (SSSR count). The van der Waals surface area contributed by atoms with Crippen LogP contribution in [0.3, 0.4) is 0 Å². The molecule has 2 aromatic rings. The van der Waals surface area contributed by atoms with Crippen molar-refractivity contribution in [3.8, 4) is 0 Å². The van der Waals surface area contributed by atoms with Gasteiger partial charge < -0.3 is 4.57 Å². The van der Waals surface area contributed by atoms with Crippen LogP contribution in [-0.2, 0) is 6.54 Å². The summed E-state index contributed by atoms with van der Waals surface area (Å²) in [5, 5.41) is 1.34. The topological polar surface area (TPSA) is 4.93 Å². The summed E-state index contributed by atoms with van der Waals surface area (Å²) in [7, 11) is 0. The Labute approximate surface area is 89.1 Å². The summed E-state index contributed by atoms with van der Waals surface area (Å²) in [6.07, 6.45) is 4.33. The Hall–Kier alpha value is -0.890. The van der Waals surface area contributed by atoms with Crippen LogP contribution in [0.25, 0.3) is 10.9 Å². The zero-order chi connectivity index (χ0) is 9.97. The second-order valence-corrected chi connectivity index (χ2v) is 4.55. The molecule has 0 aliphatic carbocycles. The Morgan fingerprint density at radius 1 is 1.29 bits per heavy atom. The molecule has 1 aromatic carbocycles. The van der Waals surface area contributed by atoms with Gasteiger partial charge in [-0.2, -0.15) is 11.8 Å². The van der Waals surface area contributed by atoms with Gasteiger partial charge in [0.05, 0.1) is 0 Å². The summed E-state index contributed by atoms with van der Waals surface area (Å²) < 4.78 is 2.33. The normalized spacial score (nSPS) is 11.0. The molecule has 0 fully saturated rings. The second kappa shape index (κ2) is 4.09. The molecule has 0 atom stereocenters. The van der Waals surface area contributed by atoms with Crippen LogP contribution in [0.4, 0.5) is 0 Å². The lowest BCUT2D eigenvalue weighted by molar-refractivity contribution is 0.808. The van der Waals surface area contributed by atoms with Crippen LogP contribution < -0.4 is 0 Å². The number of hydrogen-bond donors (Lipinski definition) is 0. The maximum Gasteiger partial charge on any atom is 0.0483 e. The van der Waals surface area contributed by atoms with Gasteiger partial charge >= 0.3 is 0 Å². The molecule has 0 spiro atoms.